The molecule has 214 valence electrons. The molecule has 0 radical (unpaired) electrons. The largest absolute Gasteiger partial charge is 0.495 e. The predicted molar refractivity (Wildman–Crippen MR) is 158 cm³/mol. The molecule has 0 spiro atoms. The van der Waals surface area contributed by atoms with E-state index in [2.05, 4.69) is 29.4 Å². The molecule has 0 saturated carbocycles. The highest BCUT2D eigenvalue weighted by Crippen LogP contribution is 2.27. The molecule has 3 rings (SSSR count). The van der Waals surface area contributed by atoms with Crippen LogP contribution in [0.15, 0.2) is 42.5 Å². The molecule has 1 heterocycles. The normalized spacial score (nSPS) is 15.2. The summed E-state index contributed by atoms with van der Waals surface area (Å²) in [6.07, 6.45) is 12.4. The Hall–Kier alpha value is -3.06. The van der Waals surface area contributed by atoms with Crippen molar-refractivity contribution in [3.05, 3.63) is 53.6 Å². The number of likely N-dealkylation sites (tertiary alicyclic amines) is 1. The number of nitrogens with zero attached hydrogens (tertiary/aromatic N) is 1. The zero-order valence-corrected chi connectivity index (χ0v) is 24.1. The van der Waals surface area contributed by atoms with Crippen LogP contribution in [0.25, 0.3) is 0 Å². The van der Waals surface area contributed by atoms with E-state index >= 15 is 0 Å². The summed E-state index contributed by atoms with van der Waals surface area (Å²) in [7, 11) is 1.54. The monoisotopic (exact) mass is 537 g/mol. The highest BCUT2D eigenvalue weighted by atomic mass is 16.5. The minimum Gasteiger partial charge on any atom is -0.495 e. The van der Waals surface area contributed by atoms with E-state index in [0.29, 0.717) is 41.8 Å². The quantitative estimate of drug-likeness (QED) is 0.220. The first-order valence-electron chi connectivity index (χ1n) is 14.8. The maximum absolute atomic E-state index is 13.0. The van der Waals surface area contributed by atoms with Crippen molar-refractivity contribution in [2.24, 2.45) is 0 Å². The molecular weight excluding hydrogens is 490 g/mol. The summed E-state index contributed by atoms with van der Waals surface area (Å²) in [6.45, 7) is 7.77. The highest BCUT2D eigenvalue weighted by molar-refractivity contribution is 6.06. The van der Waals surface area contributed by atoms with Gasteiger partial charge in [-0.15, -0.1) is 0 Å². The second kappa shape index (κ2) is 16.8. The van der Waals surface area contributed by atoms with Gasteiger partial charge in [-0.25, -0.2) is 0 Å². The molecule has 0 bridgehead atoms. The third kappa shape index (κ3) is 9.88. The van der Waals surface area contributed by atoms with Crippen molar-refractivity contribution in [1.29, 1.82) is 0 Å². The molecule has 1 aliphatic rings. The molecule has 1 unspecified atom stereocenters. The van der Waals surface area contributed by atoms with Gasteiger partial charge in [0.1, 0.15) is 11.5 Å². The number of carbonyl (C=O) groups is 2. The SMILES string of the molecule is CCCCCCCCCCOc1ccc(C(=O)Nc2cc(C(=O)NCC3CCCN3CC)ccc2OC)cc1. The number of unbranched alkanes of at least 4 members (excludes halogenated alkanes) is 7. The summed E-state index contributed by atoms with van der Waals surface area (Å²) in [5.74, 6) is 0.826. The van der Waals surface area contributed by atoms with Gasteiger partial charge in [-0.05, 0) is 74.8 Å². The smallest absolute Gasteiger partial charge is 0.255 e. The number of rotatable bonds is 17. The summed E-state index contributed by atoms with van der Waals surface area (Å²) in [5.41, 5.74) is 1.45. The van der Waals surface area contributed by atoms with E-state index in [1.807, 2.05) is 12.1 Å². The van der Waals surface area contributed by atoms with Gasteiger partial charge in [-0.1, -0.05) is 58.8 Å². The topological polar surface area (TPSA) is 79.9 Å². The van der Waals surface area contributed by atoms with Gasteiger partial charge in [0.05, 0.1) is 19.4 Å². The first-order valence-corrected chi connectivity index (χ1v) is 14.8. The second-order valence-electron chi connectivity index (χ2n) is 10.4. The average molecular weight is 538 g/mol. The molecule has 2 N–H and O–H groups in total. The Morgan fingerprint density at radius 1 is 0.897 bits per heavy atom. The molecule has 2 amide bonds. The van der Waals surface area contributed by atoms with Crippen LogP contribution in [-0.4, -0.2) is 56.1 Å². The Bertz CT molecular complexity index is 1020. The Morgan fingerprint density at radius 3 is 2.28 bits per heavy atom. The van der Waals surface area contributed by atoms with Gasteiger partial charge in [0, 0.05) is 23.7 Å². The summed E-state index contributed by atoms with van der Waals surface area (Å²) >= 11 is 0. The van der Waals surface area contributed by atoms with Crippen molar-refractivity contribution in [2.75, 3.05) is 38.7 Å². The molecule has 1 saturated heterocycles. The van der Waals surface area contributed by atoms with Crippen LogP contribution in [0, 0.1) is 0 Å². The lowest BCUT2D eigenvalue weighted by Crippen LogP contribution is -2.40. The number of amides is 2. The zero-order valence-electron chi connectivity index (χ0n) is 24.1. The Labute approximate surface area is 234 Å². The molecule has 39 heavy (non-hydrogen) atoms. The highest BCUT2D eigenvalue weighted by Gasteiger charge is 2.23. The molecule has 2 aromatic carbocycles. The lowest BCUT2D eigenvalue weighted by Gasteiger charge is -2.23. The van der Waals surface area contributed by atoms with Crippen molar-refractivity contribution < 1.29 is 19.1 Å². The number of carbonyl (C=O) groups excluding carboxylic acids is 2. The molecule has 1 fully saturated rings. The van der Waals surface area contributed by atoms with Crippen LogP contribution >= 0.6 is 0 Å². The molecule has 1 atom stereocenters. The molecular formula is C32H47N3O4. The van der Waals surface area contributed by atoms with E-state index in [4.69, 9.17) is 9.47 Å². The van der Waals surface area contributed by atoms with Gasteiger partial charge < -0.3 is 20.1 Å². The molecule has 1 aliphatic heterocycles. The third-order valence-electron chi connectivity index (χ3n) is 7.50. The molecule has 7 heteroatoms. The van der Waals surface area contributed by atoms with E-state index in [1.165, 1.54) is 51.4 Å². The number of hydrogen-bond donors (Lipinski definition) is 2. The van der Waals surface area contributed by atoms with Gasteiger partial charge in [0.2, 0.25) is 0 Å². The Balaban J connectivity index is 1.47. The second-order valence-corrected chi connectivity index (χ2v) is 10.4. The average Bonchev–Trinajstić information content (AvgIpc) is 3.43. The summed E-state index contributed by atoms with van der Waals surface area (Å²) in [4.78, 5) is 28.2. The third-order valence-corrected chi connectivity index (χ3v) is 7.50. The van der Waals surface area contributed by atoms with Gasteiger partial charge in [0.15, 0.2) is 0 Å². The van der Waals surface area contributed by atoms with E-state index in [-0.39, 0.29) is 11.8 Å². The maximum Gasteiger partial charge on any atom is 0.255 e. The van der Waals surface area contributed by atoms with Crippen molar-refractivity contribution in [3.63, 3.8) is 0 Å². The molecule has 7 nitrogen and oxygen atoms in total. The standard InChI is InChI=1S/C32H47N3O4/c1-4-6-7-8-9-10-11-12-22-39-28-18-15-25(16-19-28)32(37)34-29-23-26(17-20-30(29)38-3)31(36)33-24-27-14-13-21-35(27)5-2/h15-20,23,27H,4-14,21-22,24H2,1-3H3,(H,33,36)(H,34,37). The van der Waals surface area contributed by atoms with Crippen LogP contribution in [0.4, 0.5) is 5.69 Å². The van der Waals surface area contributed by atoms with Crippen LogP contribution in [0.5, 0.6) is 11.5 Å². The van der Waals surface area contributed by atoms with E-state index < -0.39 is 0 Å². The van der Waals surface area contributed by atoms with Crippen LogP contribution in [-0.2, 0) is 0 Å². The molecule has 0 aliphatic carbocycles. The number of nitrogens with one attached hydrogen (secondary N) is 2. The van der Waals surface area contributed by atoms with Gasteiger partial charge in [-0.3, -0.25) is 14.5 Å². The number of methoxy groups -OCH3 is 1. The summed E-state index contributed by atoms with van der Waals surface area (Å²) < 4.78 is 11.3. The predicted octanol–water partition coefficient (Wildman–Crippen LogP) is 6.68. The first kappa shape index (κ1) is 30.5. The van der Waals surface area contributed by atoms with E-state index in [9.17, 15) is 9.59 Å². The van der Waals surface area contributed by atoms with Crippen molar-refractivity contribution in [2.45, 2.75) is 84.1 Å². The Kier molecular flexibility index (Phi) is 13.1. The van der Waals surface area contributed by atoms with Crippen molar-refractivity contribution >= 4 is 17.5 Å². The summed E-state index contributed by atoms with van der Waals surface area (Å²) in [5, 5.41) is 5.95. The first-order chi connectivity index (χ1) is 19.0. The van der Waals surface area contributed by atoms with E-state index in [1.54, 1.807) is 37.4 Å². The number of anilines is 1. The minimum atomic E-state index is -0.273. The van der Waals surface area contributed by atoms with Gasteiger partial charge in [0.25, 0.3) is 11.8 Å². The van der Waals surface area contributed by atoms with Gasteiger partial charge >= 0.3 is 0 Å². The fourth-order valence-corrected chi connectivity index (χ4v) is 5.13. The lowest BCUT2D eigenvalue weighted by atomic mass is 10.1. The molecule has 2 aromatic rings. The fraction of sp³-hybridized carbons (Fsp3) is 0.562. The number of ether oxygens (including phenoxy) is 2. The van der Waals surface area contributed by atoms with Crippen LogP contribution < -0.4 is 20.1 Å². The lowest BCUT2D eigenvalue weighted by molar-refractivity contribution is 0.0940. The zero-order chi connectivity index (χ0) is 27.9. The number of hydrogen-bond acceptors (Lipinski definition) is 5. The van der Waals surface area contributed by atoms with E-state index in [0.717, 1.165) is 31.7 Å². The van der Waals surface area contributed by atoms with Crippen molar-refractivity contribution in [1.82, 2.24) is 10.2 Å². The molecule has 0 aromatic heterocycles. The van der Waals surface area contributed by atoms with Crippen LogP contribution in [0.3, 0.4) is 0 Å². The fourth-order valence-electron chi connectivity index (χ4n) is 5.13. The number of benzene rings is 2. The summed E-state index contributed by atoms with van der Waals surface area (Å²) in [6, 6.07) is 12.6. The van der Waals surface area contributed by atoms with Crippen LogP contribution in [0.1, 0.15) is 98.8 Å². The Morgan fingerprint density at radius 2 is 1.59 bits per heavy atom. The van der Waals surface area contributed by atoms with Gasteiger partial charge in [-0.2, -0.15) is 0 Å². The van der Waals surface area contributed by atoms with Crippen LogP contribution in [0.2, 0.25) is 0 Å². The number of likely N-dealkylation sites (N-methyl/N-ethyl adjacent to an activating group) is 1. The van der Waals surface area contributed by atoms with Crippen molar-refractivity contribution in [3.8, 4) is 11.5 Å². The minimum absolute atomic E-state index is 0.158. The maximum atomic E-state index is 13.0.